The van der Waals surface area contributed by atoms with Gasteiger partial charge in [-0.25, -0.2) is 9.97 Å². The monoisotopic (exact) mass is 313 g/mol. The molecular weight excluding hydrogens is 286 g/mol. The lowest BCUT2D eigenvalue weighted by Crippen LogP contribution is -2.22. The molecule has 23 heavy (non-hydrogen) atoms. The first-order valence-corrected chi connectivity index (χ1v) is 8.57. The largest absolute Gasteiger partial charge is 0.367 e. The number of anilines is 1. The number of hydrogen-bond donors (Lipinski definition) is 1. The lowest BCUT2D eigenvalue weighted by molar-refractivity contribution is 0.655. The van der Waals surface area contributed by atoms with E-state index in [1.54, 1.807) is 0 Å². The van der Waals surface area contributed by atoms with Gasteiger partial charge in [0.25, 0.3) is 0 Å². The molecule has 0 saturated heterocycles. The van der Waals surface area contributed by atoms with Gasteiger partial charge >= 0.3 is 0 Å². The SMILES string of the molecule is Cc1nc2c(c(NC(C)Cc3c(C)nn(C)c3C)n1)CCCC2. The van der Waals surface area contributed by atoms with Crippen LogP contribution in [0.4, 0.5) is 5.82 Å². The highest BCUT2D eigenvalue weighted by atomic mass is 15.3. The van der Waals surface area contributed by atoms with Crippen molar-refractivity contribution in [3.05, 3.63) is 34.0 Å². The second-order valence-corrected chi connectivity index (χ2v) is 6.77. The zero-order chi connectivity index (χ0) is 16.6. The molecular formula is C18H27N5. The van der Waals surface area contributed by atoms with Gasteiger partial charge in [-0.2, -0.15) is 5.10 Å². The molecule has 2 heterocycles. The van der Waals surface area contributed by atoms with E-state index >= 15 is 0 Å². The Balaban J connectivity index is 1.80. The highest BCUT2D eigenvalue weighted by molar-refractivity contribution is 5.48. The quantitative estimate of drug-likeness (QED) is 0.942. The molecule has 124 valence electrons. The highest BCUT2D eigenvalue weighted by Crippen LogP contribution is 2.26. The lowest BCUT2D eigenvalue weighted by atomic mass is 9.96. The molecule has 0 spiro atoms. The number of aromatic nitrogens is 4. The lowest BCUT2D eigenvalue weighted by Gasteiger charge is -2.22. The summed E-state index contributed by atoms with van der Waals surface area (Å²) in [6.45, 7) is 8.43. The summed E-state index contributed by atoms with van der Waals surface area (Å²) in [5, 5.41) is 8.15. The molecule has 2 aromatic rings. The fourth-order valence-corrected chi connectivity index (χ4v) is 3.54. The molecule has 1 N–H and O–H groups in total. The van der Waals surface area contributed by atoms with Gasteiger partial charge in [0.05, 0.1) is 5.69 Å². The van der Waals surface area contributed by atoms with Crippen molar-refractivity contribution in [3.8, 4) is 0 Å². The van der Waals surface area contributed by atoms with Crippen molar-refractivity contribution >= 4 is 5.82 Å². The summed E-state index contributed by atoms with van der Waals surface area (Å²) in [5.41, 5.74) is 6.28. The van der Waals surface area contributed by atoms with E-state index in [4.69, 9.17) is 0 Å². The van der Waals surface area contributed by atoms with Gasteiger partial charge in [-0.3, -0.25) is 4.68 Å². The Bertz CT molecular complexity index is 717. The van der Waals surface area contributed by atoms with E-state index in [2.05, 4.69) is 41.2 Å². The maximum atomic E-state index is 4.68. The molecule has 2 aromatic heterocycles. The topological polar surface area (TPSA) is 55.6 Å². The third kappa shape index (κ3) is 3.23. The summed E-state index contributed by atoms with van der Waals surface area (Å²) in [7, 11) is 2.01. The van der Waals surface area contributed by atoms with Crippen LogP contribution in [-0.2, 0) is 26.3 Å². The van der Waals surface area contributed by atoms with Crippen LogP contribution in [0.25, 0.3) is 0 Å². The average Bonchev–Trinajstić information content (AvgIpc) is 2.73. The van der Waals surface area contributed by atoms with Crippen LogP contribution in [0.15, 0.2) is 0 Å². The van der Waals surface area contributed by atoms with E-state index in [0.29, 0.717) is 6.04 Å². The van der Waals surface area contributed by atoms with Crippen LogP contribution in [-0.4, -0.2) is 25.8 Å². The maximum Gasteiger partial charge on any atom is 0.133 e. The fraction of sp³-hybridized carbons (Fsp3) is 0.611. The van der Waals surface area contributed by atoms with Gasteiger partial charge in [-0.15, -0.1) is 0 Å². The van der Waals surface area contributed by atoms with Crippen LogP contribution >= 0.6 is 0 Å². The minimum Gasteiger partial charge on any atom is -0.367 e. The molecule has 0 amide bonds. The first kappa shape index (κ1) is 16.0. The molecule has 5 nitrogen and oxygen atoms in total. The number of nitrogens with zero attached hydrogens (tertiary/aromatic N) is 4. The van der Waals surface area contributed by atoms with Gasteiger partial charge in [-0.05, 0) is 65.4 Å². The Hall–Kier alpha value is -1.91. The maximum absolute atomic E-state index is 4.68. The number of aryl methyl sites for hydroxylation is 4. The third-order valence-corrected chi connectivity index (χ3v) is 4.85. The molecule has 0 saturated carbocycles. The Kier molecular flexibility index (Phi) is 4.37. The predicted molar refractivity (Wildman–Crippen MR) is 92.9 cm³/mol. The standard InChI is InChI=1S/C18H27N5/c1-11(10-16-12(2)22-23(5)13(16)3)19-18-15-8-6-7-9-17(15)20-14(4)21-18/h11H,6-10H2,1-5H3,(H,19,20,21). The Labute approximate surface area is 138 Å². The second-order valence-electron chi connectivity index (χ2n) is 6.77. The molecule has 0 aliphatic heterocycles. The summed E-state index contributed by atoms with van der Waals surface area (Å²) in [4.78, 5) is 9.31. The molecule has 1 unspecified atom stereocenters. The van der Waals surface area contributed by atoms with E-state index < -0.39 is 0 Å². The van der Waals surface area contributed by atoms with Crippen molar-refractivity contribution in [1.29, 1.82) is 0 Å². The average molecular weight is 313 g/mol. The molecule has 0 radical (unpaired) electrons. The van der Waals surface area contributed by atoms with Gasteiger partial charge in [0.1, 0.15) is 11.6 Å². The number of fused-ring (bicyclic) bond motifs is 1. The molecule has 3 rings (SSSR count). The van der Waals surface area contributed by atoms with Gasteiger partial charge in [0.2, 0.25) is 0 Å². The van der Waals surface area contributed by atoms with E-state index in [-0.39, 0.29) is 0 Å². The highest BCUT2D eigenvalue weighted by Gasteiger charge is 2.19. The minimum atomic E-state index is 0.317. The van der Waals surface area contributed by atoms with Gasteiger partial charge < -0.3 is 5.32 Å². The molecule has 0 fully saturated rings. The van der Waals surface area contributed by atoms with Crippen LogP contribution in [0.2, 0.25) is 0 Å². The zero-order valence-electron chi connectivity index (χ0n) is 14.9. The molecule has 0 bridgehead atoms. The Morgan fingerprint density at radius 1 is 1.13 bits per heavy atom. The van der Waals surface area contributed by atoms with Crippen molar-refractivity contribution < 1.29 is 0 Å². The van der Waals surface area contributed by atoms with E-state index in [0.717, 1.165) is 36.6 Å². The Morgan fingerprint density at radius 3 is 2.57 bits per heavy atom. The van der Waals surface area contributed by atoms with Crippen molar-refractivity contribution in [1.82, 2.24) is 19.7 Å². The van der Waals surface area contributed by atoms with Crippen LogP contribution in [0.1, 0.15) is 53.8 Å². The predicted octanol–water partition coefficient (Wildman–Crippen LogP) is 3.06. The summed E-state index contributed by atoms with van der Waals surface area (Å²) in [5.74, 6) is 1.91. The van der Waals surface area contributed by atoms with Crippen LogP contribution in [0.3, 0.4) is 0 Å². The summed E-state index contributed by atoms with van der Waals surface area (Å²) in [6.07, 6.45) is 5.62. The van der Waals surface area contributed by atoms with E-state index in [1.807, 2.05) is 18.7 Å². The van der Waals surface area contributed by atoms with Crippen LogP contribution < -0.4 is 5.32 Å². The summed E-state index contributed by atoms with van der Waals surface area (Å²) in [6, 6.07) is 0.317. The normalized spacial score (nSPS) is 15.3. The smallest absolute Gasteiger partial charge is 0.133 e. The van der Waals surface area contributed by atoms with E-state index in [1.165, 1.54) is 35.4 Å². The summed E-state index contributed by atoms with van der Waals surface area (Å²) >= 11 is 0. The third-order valence-electron chi connectivity index (χ3n) is 4.85. The number of nitrogens with one attached hydrogen (secondary N) is 1. The summed E-state index contributed by atoms with van der Waals surface area (Å²) < 4.78 is 1.97. The van der Waals surface area contributed by atoms with Crippen molar-refractivity contribution in [3.63, 3.8) is 0 Å². The molecule has 1 aliphatic carbocycles. The van der Waals surface area contributed by atoms with Crippen molar-refractivity contribution in [2.24, 2.45) is 7.05 Å². The van der Waals surface area contributed by atoms with Crippen LogP contribution in [0.5, 0.6) is 0 Å². The molecule has 5 heteroatoms. The van der Waals surface area contributed by atoms with E-state index in [9.17, 15) is 0 Å². The van der Waals surface area contributed by atoms with Gasteiger partial charge in [0, 0.05) is 30.0 Å². The van der Waals surface area contributed by atoms with Gasteiger partial charge in [0.15, 0.2) is 0 Å². The molecule has 1 atom stereocenters. The number of hydrogen-bond acceptors (Lipinski definition) is 4. The fourth-order valence-electron chi connectivity index (χ4n) is 3.54. The van der Waals surface area contributed by atoms with Crippen LogP contribution in [0, 0.1) is 20.8 Å². The second kappa shape index (κ2) is 6.30. The van der Waals surface area contributed by atoms with Crippen molar-refractivity contribution in [2.75, 3.05) is 5.32 Å². The zero-order valence-corrected chi connectivity index (χ0v) is 14.9. The van der Waals surface area contributed by atoms with Crippen molar-refractivity contribution in [2.45, 2.75) is 65.8 Å². The first-order chi connectivity index (χ1) is 11.0. The number of rotatable bonds is 4. The minimum absolute atomic E-state index is 0.317. The molecule has 0 aromatic carbocycles. The molecule has 1 aliphatic rings. The Morgan fingerprint density at radius 2 is 1.87 bits per heavy atom. The first-order valence-electron chi connectivity index (χ1n) is 8.57. The van der Waals surface area contributed by atoms with Gasteiger partial charge in [-0.1, -0.05) is 0 Å².